The van der Waals surface area contributed by atoms with Crippen LogP contribution in [0.2, 0.25) is 0 Å². The van der Waals surface area contributed by atoms with Gasteiger partial charge in [0.25, 0.3) is 0 Å². The summed E-state index contributed by atoms with van der Waals surface area (Å²) in [5.74, 6) is -0.990. The molecule has 2 heterocycles. The zero-order valence-electron chi connectivity index (χ0n) is 17.4. The van der Waals surface area contributed by atoms with E-state index in [2.05, 4.69) is 19.9 Å². The molecule has 0 bridgehead atoms. The monoisotopic (exact) mass is 466 g/mol. The van der Waals surface area contributed by atoms with Crippen molar-refractivity contribution in [1.29, 1.82) is 0 Å². The van der Waals surface area contributed by atoms with E-state index in [4.69, 9.17) is 5.73 Å². The van der Waals surface area contributed by atoms with Gasteiger partial charge in [-0.15, -0.1) is 0 Å². The lowest BCUT2D eigenvalue weighted by molar-refractivity contribution is -0.0544. The molecular weight excluding hydrogens is 449 g/mol. The highest BCUT2D eigenvalue weighted by molar-refractivity contribution is 6.08. The van der Waals surface area contributed by atoms with Gasteiger partial charge in [0.05, 0.1) is 23.3 Å². The Bertz CT molecular complexity index is 1410. The first kappa shape index (κ1) is 22.5. The Morgan fingerprint density at radius 1 is 1.12 bits per heavy atom. The largest absolute Gasteiger partial charge is 0.417 e. The number of hydrogen-bond donors (Lipinski definition) is 1. The number of para-hydroxylation sites is 1. The fourth-order valence-electron chi connectivity index (χ4n) is 3.10. The smallest absolute Gasteiger partial charge is 0.388 e. The molecule has 0 radical (unpaired) electrons. The minimum Gasteiger partial charge on any atom is -0.417 e. The summed E-state index contributed by atoms with van der Waals surface area (Å²) >= 11 is 0. The van der Waals surface area contributed by atoms with Crippen molar-refractivity contribution in [3.8, 4) is 17.3 Å². The molecule has 0 aliphatic carbocycles. The number of halogens is 3. The van der Waals surface area contributed by atoms with Gasteiger partial charge in [-0.2, -0.15) is 19.0 Å². The Labute approximate surface area is 191 Å². The third-order valence-electron chi connectivity index (χ3n) is 4.55. The van der Waals surface area contributed by atoms with E-state index in [0.717, 1.165) is 10.7 Å². The molecule has 172 valence electrons. The number of hydrogen-bond acceptors (Lipinski definition) is 6. The number of ether oxygens (including phenoxy) is 1. The van der Waals surface area contributed by atoms with E-state index in [0.29, 0.717) is 5.69 Å². The standard InChI is InChI=1S/C23H17F3N6O2/c24-17-14-16(32-21(9-12-28-32)34-23(25)26)6-7-19(17)31-13-10-20(33)22(30-31)18(8-11-27)29-15-4-2-1-3-5-15/h1-14,23H,27H2. The molecule has 0 amide bonds. The van der Waals surface area contributed by atoms with Gasteiger partial charge in [-0.1, -0.05) is 18.2 Å². The third kappa shape index (κ3) is 4.88. The highest BCUT2D eigenvalue weighted by atomic mass is 19.3. The van der Waals surface area contributed by atoms with Crippen LogP contribution in [-0.4, -0.2) is 31.9 Å². The molecule has 8 nitrogen and oxygen atoms in total. The van der Waals surface area contributed by atoms with Crippen LogP contribution in [0.3, 0.4) is 0 Å². The summed E-state index contributed by atoms with van der Waals surface area (Å²) in [6.45, 7) is -3.06. The lowest BCUT2D eigenvalue weighted by Crippen LogP contribution is -2.21. The van der Waals surface area contributed by atoms with E-state index >= 15 is 4.39 Å². The number of rotatable bonds is 7. The van der Waals surface area contributed by atoms with Crippen LogP contribution in [0.4, 0.5) is 18.9 Å². The van der Waals surface area contributed by atoms with Gasteiger partial charge in [-0.05, 0) is 36.5 Å². The van der Waals surface area contributed by atoms with Crippen LogP contribution in [0.25, 0.3) is 11.4 Å². The highest BCUT2D eigenvalue weighted by Crippen LogP contribution is 2.22. The summed E-state index contributed by atoms with van der Waals surface area (Å²) in [6.07, 6.45) is 5.19. The summed E-state index contributed by atoms with van der Waals surface area (Å²) < 4.78 is 46.8. The van der Waals surface area contributed by atoms with Gasteiger partial charge in [0.1, 0.15) is 5.69 Å². The Morgan fingerprint density at radius 2 is 1.91 bits per heavy atom. The molecule has 0 aliphatic heterocycles. The summed E-state index contributed by atoms with van der Waals surface area (Å²) in [7, 11) is 0. The number of aliphatic imine (C=N–C) groups is 1. The number of aromatic nitrogens is 4. The van der Waals surface area contributed by atoms with Crippen LogP contribution in [0.1, 0.15) is 5.69 Å². The fraction of sp³-hybridized carbons (Fsp3) is 0.0435. The molecule has 0 spiro atoms. The van der Waals surface area contributed by atoms with Crippen LogP contribution >= 0.6 is 0 Å². The summed E-state index contributed by atoms with van der Waals surface area (Å²) in [4.78, 5) is 16.9. The highest BCUT2D eigenvalue weighted by Gasteiger charge is 2.15. The first-order valence-corrected chi connectivity index (χ1v) is 9.88. The Balaban J connectivity index is 1.74. The lowest BCUT2D eigenvalue weighted by Gasteiger charge is -2.12. The molecule has 0 unspecified atom stereocenters. The van der Waals surface area contributed by atoms with E-state index in [1.54, 1.807) is 24.3 Å². The second kappa shape index (κ2) is 9.86. The minimum absolute atomic E-state index is 0.00396. The number of nitrogens with zero attached hydrogens (tertiary/aromatic N) is 5. The van der Waals surface area contributed by atoms with E-state index < -0.39 is 17.9 Å². The molecular formula is C23H17F3N6O2. The van der Waals surface area contributed by atoms with Crippen LogP contribution in [0.15, 0.2) is 95.1 Å². The normalized spacial score (nSPS) is 11.9. The second-order valence-electron chi connectivity index (χ2n) is 6.76. The average Bonchev–Trinajstić information content (AvgIpc) is 3.27. The zero-order valence-corrected chi connectivity index (χ0v) is 17.4. The van der Waals surface area contributed by atoms with E-state index in [1.807, 2.05) is 6.07 Å². The molecule has 34 heavy (non-hydrogen) atoms. The molecule has 2 aromatic heterocycles. The molecule has 0 saturated carbocycles. The van der Waals surface area contributed by atoms with Crippen molar-refractivity contribution in [2.45, 2.75) is 6.61 Å². The second-order valence-corrected chi connectivity index (χ2v) is 6.76. The average molecular weight is 466 g/mol. The van der Waals surface area contributed by atoms with Crippen molar-refractivity contribution < 1.29 is 17.9 Å². The quantitative estimate of drug-likeness (QED) is 0.418. The number of alkyl halides is 2. The molecule has 0 saturated heterocycles. The van der Waals surface area contributed by atoms with Gasteiger partial charge in [-0.3, -0.25) is 4.79 Å². The van der Waals surface area contributed by atoms with E-state index in [1.165, 1.54) is 53.6 Å². The summed E-state index contributed by atoms with van der Waals surface area (Å²) in [5, 5.41) is 8.13. The van der Waals surface area contributed by atoms with Gasteiger partial charge >= 0.3 is 6.61 Å². The molecule has 2 aromatic carbocycles. The maximum absolute atomic E-state index is 15.0. The van der Waals surface area contributed by atoms with E-state index in [-0.39, 0.29) is 28.7 Å². The SMILES string of the molecule is NC=CC(=Nc1ccccc1)c1nn(-c2ccc(-n3nccc3OC(F)F)cc2F)ccc1=O. The van der Waals surface area contributed by atoms with Gasteiger partial charge in [0.15, 0.2) is 11.5 Å². The minimum atomic E-state index is -3.06. The maximum Gasteiger partial charge on any atom is 0.388 e. The van der Waals surface area contributed by atoms with Crippen molar-refractivity contribution >= 4 is 11.4 Å². The number of nitrogens with two attached hydrogens (primary N) is 1. The van der Waals surface area contributed by atoms with Gasteiger partial charge in [0.2, 0.25) is 11.3 Å². The van der Waals surface area contributed by atoms with Gasteiger partial charge in [-0.25, -0.2) is 18.7 Å². The van der Waals surface area contributed by atoms with Crippen LogP contribution < -0.4 is 15.9 Å². The fourth-order valence-corrected chi connectivity index (χ4v) is 3.10. The predicted octanol–water partition coefficient (Wildman–Crippen LogP) is 3.75. The maximum atomic E-state index is 15.0. The molecule has 2 N–H and O–H groups in total. The Morgan fingerprint density at radius 3 is 2.62 bits per heavy atom. The van der Waals surface area contributed by atoms with Crippen LogP contribution in [-0.2, 0) is 0 Å². The van der Waals surface area contributed by atoms with Crippen molar-refractivity contribution in [1.82, 2.24) is 19.6 Å². The molecule has 11 heteroatoms. The Hall–Kier alpha value is -4.67. The zero-order chi connectivity index (χ0) is 24.1. The summed E-state index contributed by atoms with van der Waals surface area (Å²) in [6, 6.07) is 15.2. The van der Waals surface area contributed by atoms with Crippen molar-refractivity contribution in [2.24, 2.45) is 10.7 Å². The van der Waals surface area contributed by atoms with Gasteiger partial charge < -0.3 is 10.5 Å². The third-order valence-corrected chi connectivity index (χ3v) is 4.55. The molecule has 4 aromatic rings. The topological polar surface area (TPSA) is 100 Å². The molecule has 4 rings (SSSR count). The molecule has 0 atom stereocenters. The first-order valence-electron chi connectivity index (χ1n) is 9.88. The van der Waals surface area contributed by atoms with E-state index in [9.17, 15) is 13.6 Å². The van der Waals surface area contributed by atoms with Crippen molar-refractivity contribution in [3.63, 3.8) is 0 Å². The van der Waals surface area contributed by atoms with Gasteiger partial charge in [0, 0.05) is 24.4 Å². The number of allylic oxidation sites excluding steroid dienone is 1. The number of benzene rings is 2. The first-order chi connectivity index (χ1) is 16.5. The summed E-state index contributed by atoms with van der Waals surface area (Å²) in [5.41, 5.74) is 5.96. The lowest BCUT2D eigenvalue weighted by atomic mass is 10.2. The Kier molecular flexibility index (Phi) is 6.53. The molecule has 0 fully saturated rings. The van der Waals surface area contributed by atoms with Crippen LogP contribution in [0, 0.1) is 5.82 Å². The van der Waals surface area contributed by atoms with Crippen molar-refractivity contribution in [2.75, 3.05) is 0 Å². The molecule has 0 aliphatic rings. The predicted molar refractivity (Wildman–Crippen MR) is 120 cm³/mol. The van der Waals surface area contributed by atoms with Crippen molar-refractivity contribution in [3.05, 3.63) is 107 Å². The van der Waals surface area contributed by atoms with Crippen LogP contribution in [0.5, 0.6) is 5.88 Å².